The van der Waals surface area contributed by atoms with E-state index in [1.807, 2.05) is 0 Å². The number of aromatic amines is 1. The van der Waals surface area contributed by atoms with Crippen LogP contribution in [-0.2, 0) is 11.2 Å². The van der Waals surface area contributed by atoms with E-state index in [1.165, 1.54) is 35.2 Å². The number of nitrogens with zero attached hydrogens (tertiary/aromatic N) is 1. The molecular weight excluding hydrogens is 359 g/mol. The Labute approximate surface area is 151 Å². The van der Waals surface area contributed by atoms with Crippen molar-refractivity contribution in [3.8, 4) is 11.3 Å². The van der Waals surface area contributed by atoms with Crippen molar-refractivity contribution in [2.75, 3.05) is 13.1 Å². The zero-order valence-corrected chi connectivity index (χ0v) is 14.0. The normalized spacial score (nSPS) is 14.3. The van der Waals surface area contributed by atoms with Gasteiger partial charge in [0.05, 0.1) is 5.52 Å². The molecule has 138 valence electrons. The fourth-order valence-corrected chi connectivity index (χ4v) is 3.31. The van der Waals surface area contributed by atoms with Gasteiger partial charge in [0.2, 0.25) is 5.91 Å². The van der Waals surface area contributed by atoms with Crippen molar-refractivity contribution >= 4 is 22.8 Å². The second kappa shape index (κ2) is 6.46. The summed E-state index contributed by atoms with van der Waals surface area (Å²) in [5, 5.41) is 2.53. The third-order valence-corrected chi connectivity index (χ3v) is 4.56. The van der Waals surface area contributed by atoms with Gasteiger partial charge in [0, 0.05) is 23.7 Å². The van der Waals surface area contributed by atoms with Crippen LogP contribution in [0.2, 0.25) is 0 Å². The van der Waals surface area contributed by atoms with Crippen molar-refractivity contribution < 1.29 is 22.8 Å². The first-order valence-electron chi connectivity index (χ1n) is 8.26. The minimum Gasteiger partial charge on any atom is -0.352 e. The number of nitrogens with one attached hydrogen (secondary N) is 2. The van der Waals surface area contributed by atoms with Crippen molar-refractivity contribution in [1.29, 1.82) is 0 Å². The maximum atomic E-state index is 14.2. The molecule has 1 aliphatic rings. The molecule has 1 fully saturated rings. The Morgan fingerprint density at radius 3 is 2.41 bits per heavy atom. The highest BCUT2D eigenvalue weighted by Crippen LogP contribution is 2.33. The second-order valence-corrected chi connectivity index (χ2v) is 6.32. The Balaban J connectivity index is 1.78. The van der Waals surface area contributed by atoms with Gasteiger partial charge in [-0.1, -0.05) is 0 Å². The Morgan fingerprint density at radius 1 is 1.00 bits per heavy atom. The molecule has 2 aromatic carbocycles. The molecule has 0 unspecified atom stereocenters. The summed E-state index contributed by atoms with van der Waals surface area (Å²) < 4.78 is 41.3. The number of aromatic nitrogens is 1. The minimum atomic E-state index is -0.742. The van der Waals surface area contributed by atoms with Crippen LogP contribution in [-0.4, -0.2) is 34.9 Å². The summed E-state index contributed by atoms with van der Waals surface area (Å²) in [5.74, 6) is -2.27. The molecule has 1 aromatic heterocycles. The number of urea groups is 1. The van der Waals surface area contributed by atoms with Gasteiger partial charge in [-0.3, -0.25) is 10.1 Å². The van der Waals surface area contributed by atoms with Crippen molar-refractivity contribution in [2.24, 2.45) is 0 Å². The summed E-state index contributed by atoms with van der Waals surface area (Å²) in [6.07, 6.45) is 0.260. The van der Waals surface area contributed by atoms with Gasteiger partial charge in [-0.05, 0) is 47.9 Å². The number of halogens is 3. The lowest BCUT2D eigenvalue weighted by Crippen LogP contribution is -2.30. The number of fused-ring (bicyclic) bond motifs is 1. The van der Waals surface area contributed by atoms with E-state index < -0.39 is 29.4 Å². The van der Waals surface area contributed by atoms with Gasteiger partial charge >= 0.3 is 6.03 Å². The summed E-state index contributed by atoms with van der Waals surface area (Å²) in [5.41, 5.74) is 1.83. The Kier molecular flexibility index (Phi) is 4.10. The molecule has 1 saturated heterocycles. The predicted molar refractivity (Wildman–Crippen MR) is 92.4 cm³/mol. The molecule has 1 aliphatic heterocycles. The van der Waals surface area contributed by atoms with E-state index in [4.69, 9.17) is 0 Å². The Hall–Kier alpha value is -3.29. The SMILES string of the molecule is O=C1CN(CCc2c(-c3ccc(F)cc3)[nH]c3c(F)cc(F)cc23)C(=O)N1. The maximum absolute atomic E-state index is 14.2. The average molecular weight is 373 g/mol. The largest absolute Gasteiger partial charge is 0.352 e. The number of amides is 3. The molecule has 2 N–H and O–H groups in total. The predicted octanol–water partition coefficient (Wildman–Crippen LogP) is 3.35. The average Bonchev–Trinajstić information content (AvgIpc) is 3.13. The highest BCUT2D eigenvalue weighted by molar-refractivity contribution is 6.02. The molecule has 0 aliphatic carbocycles. The summed E-state index contributed by atoms with van der Waals surface area (Å²) in [4.78, 5) is 27.3. The minimum absolute atomic E-state index is 0.0597. The molecule has 3 aromatic rings. The Morgan fingerprint density at radius 2 is 1.74 bits per heavy atom. The van der Waals surface area contributed by atoms with Gasteiger partial charge < -0.3 is 9.88 Å². The number of carbonyl (C=O) groups is 2. The fourth-order valence-electron chi connectivity index (χ4n) is 3.31. The third kappa shape index (κ3) is 3.14. The van der Waals surface area contributed by atoms with Crippen LogP contribution in [0.4, 0.5) is 18.0 Å². The highest BCUT2D eigenvalue weighted by atomic mass is 19.1. The topological polar surface area (TPSA) is 65.2 Å². The van der Waals surface area contributed by atoms with Crippen LogP contribution < -0.4 is 5.32 Å². The lowest BCUT2D eigenvalue weighted by atomic mass is 10.0. The number of hydrogen-bond acceptors (Lipinski definition) is 2. The standard InChI is InChI=1S/C19H14F3N3O2/c20-11-3-1-10(2-4-11)17-13(5-6-25-9-16(26)23-19(25)27)14-7-12(21)8-15(22)18(14)24-17/h1-4,7-8,24H,5-6,9H2,(H,23,26,27). The van der Waals surface area contributed by atoms with Crippen molar-refractivity contribution in [1.82, 2.24) is 15.2 Å². The van der Waals surface area contributed by atoms with Gasteiger partial charge in [-0.25, -0.2) is 18.0 Å². The quantitative estimate of drug-likeness (QED) is 0.689. The molecule has 27 heavy (non-hydrogen) atoms. The van der Waals surface area contributed by atoms with Crippen molar-refractivity contribution in [3.63, 3.8) is 0 Å². The number of rotatable bonds is 4. The van der Waals surface area contributed by atoms with E-state index in [1.54, 1.807) is 0 Å². The van der Waals surface area contributed by atoms with Crippen LogP contribution in [0.1, 0.15) is 5.56 Å². The molecule has 0 saturated carbocycles. The number of benzene rings is 2. The van der Waals surface area contributed by atoms with E-state index in [0.717, 1.165) is 6.07 Å². The van der Waals surface area contributed by atoms with Crippen LogP contribution in [0.15, 0.2) is 36.4 Å². The summed E-state index contributed by atoms with van der Waals surface area (Å²) >= 11 is 0. The summed E-state index contributed by atoms with van der Waals surface area (Å²) in [6, 6.07) is 7.10. The molecule has 0 atom stereocenters. The molecule has 2 heterocycles. The molecule has 8 heteroatoms. The summed E-state index contributed by atoms with van der Waals surface area (Å²) in [6.45, 7) is 0.132. The number of H-pyrrole nitrogens is 1. The molecule has 4 rings (SSSR count). The summed E-state index contributed by atoms with van der Waals surface area (Å²) in [7, 11) is 0. The van der Waals surface area contributed by atoms with Crippen molar-refractivity contribution in [2.45, 2.75) is 6.42 Å². The lowest BCUT2D eigenvalue weighted by molar-refractivity contribution is -0.118. The first kappa shape index (κ1) is 17.1. The number of carbonyl (C=O) groups excluding carboxylic acids is 2. The van der Waals surface area contributed by atoms with Crippen LogP contribution in [0.3, 0.4) is 0 Å². The molecule has 5 nitrogen and oxygen atoms in total. The van der Waals surface area contributed by atoms with E-state index in [9.17, 15) is 22.8 Å². The first-order chi connectivity index (χ1) is 12.9. The smallest absolute Gasteiger partial charge is 0.324 e. The van der Waals surface area contributed by atoms with Gasteiger partial charge in [0.25, 0.3) is 0 Å². The van der Waals surface area contributed by atoms with E-state index in [0.29, 0.717) is 22.2 Å². The van der Waals surface area contributed by atoms with Crippen LogP contribution in [0.25, 0.3) is 22.2 Å². The molecule has 0 bridgehead atoms. The van der Waals surface area contributed by atoms with Crippen LogP contribution in [0, 0.1) is 17.5 Å². The first-order valence-corrected chi connectivity index (χ1v) is 8.26. The lowest BCUT2D eigenvalue weighted by Gasteiger charge is -2.13. The monoisotopic (exact) mass is 373 g/mol. The zero-order chi connectivity index (χ0) is 19.1. The molecule has 0 spiro atoms. The van der Waals surface area contributed by atoms with E-state index in [2.05, 4.69) is 10.3 Å². The van der Waals surface area contributed by atoms with Gasteiger partial charge in [0.15, 0.2) is 0 Å². The third-order valence-electron chi connectivity index (χ3n) is 4.56. The number of imide groups is 1. The van der Waals surface area contributed by atoms with Crippen molar-refractivity contribution in [3.05, 3.63) is 59.4 Å². The second-order valence-electron chi connectivity index (χ2n) is 6.32. The van der Waals surface area contributed by atoms with Gasteiger partial charge in [-0.15, -0.1) is 0 Å². The highest BCUT2D eigenvalue weighted by Gasteiger charge is 2.27. The molecule has 0 radical (unpaired) electrons. The van der Waals surface area contributed by atoms with Crippen LogP contribution in [0.5, 0.6) is 0 Å². The fraction of sp³-hybridized carbons (Fsp3) is 0.158. The van der Waals surface area contributed by atoms with Gasteiger partial charge in [-0.2, -0.15) is 0 Å². The van der Waals surface area contributed by atoms with E-state index >= 15 is 0 Å². The molecular formula is C19H14F3N3O2. The Bertz CT molecular complexity index is 1060. The zero-order valence-electron chi connectivity index (χ0n) is 14.0. The molecule has 3 amide bonds. The number of hydrogen-bond donors (Lipinski definition) is 2. The van der Waals surface area contributed by atoms with Gasteiger partial charge in [0.1, 0.15) is 24.0 Å². The maximum Gasteiger partial charge on any atom is 0.324 e. The van der Waals surface area contributed by atoms with Crippen LogP contribution >= 0.6 is 0 Å². The van der Waals surface area contributed by atoms with E-state index in [-0.39, 0.29) is 25.0 Å².